The van der Waals surface area contributed by atoms with Crippen LogP contribution in [0.15, 0.2) is 23.8 Å². The number of hydrogen-bond donors (Lipinski definition) is 0. The van der Waals surface area contributed by atoms with Crippen molar-refractivity contribution in [2.45, 2.75) is 27.2 Å². The van der Waals surface area contributed by atoms with E-state index in [0.717, 1.165) is 12.0 Å². The second-order valence-corrected chi connectivity index (χ2v) is 5.03. The van der Waals surface area contributed by atoms with Gasteiger partial charge in [-0.1, -0.05) is 51.1 Å². The van der Waals surface area contributed by atoms with Gasteiger partial charge in [-0.3, -0.25) is 0 Å². The van der Waals surface area contributed by atoms with Gasteiger partial charge in [0.2, 0.25) is 0 Å². The first-order valence-electron chi connectivity index (χ1n) is 4.39. The van der Waals surface area contributed by atoms with Crippen molar-refractivity contribution in [2.75, 3.05) is 13.2 Å². The van der Waals surface area contributed by atoms with Crippen LogP contribution in [0.5, 0.6) is 0 Å². The summed E-state index contributed by atoms with van der Waals surface area (Å²) in [4.78, 5) is 0. The normalized spacial score (nSPS) is 11.4. The quantitative estimate of drug-likeness (QED) is 0.617. The third kappa shape index (κ3) is 9.65. The van der Waals surface area contributed by atoms with E-state index < -0.39 is 0 Å². The number of rotatable bonds is 5. The van der Waals surface area contributed by atoms with Crippen LogP contribution in [0.25, 0.3) is 0 Å². The van der Waals surface area contributed by atoms with E-state index in [9.17, 15) is 0 Å². The molecule has 0 N–H and O–H groups in total. The lowest BCUT2D eigenvalue weighted by Gasteiger charge is -2.19. The first-order chi connectivity index (χ1) is 5.81. The van der Waals surface area contributed by atoms with Crippen LogP contribution >= 0.6 is 11.6 Å². The van der Waals surface area contributed by atoms with Gasteiger partial charge in [0, 0.05) is 5.03 Å². The van der Waals surface area contributed by atoms with Crippen LogP contribution in [-0.4, -0.2) is 13.2 Å². The summed E-state index contributed by atoms with van der Waals surface area (Å²) in [5.74, 6) is 0. The Hall–Kier alpha value is -0.270. The van der Waals surface area contributed by atoms with Gasteiger partial charge in [0.15, 0.2) is 0 Å². The molecule has 76 valence electrons. The van der Waals surface area contributed by atoms with Crippen molar-refractivity contribution in [3.63, 3.8) is 0 Å². The first kappa shape index (κ1) is 12.7. The van der Waals surface area contributed by atoms with Crippen LogP contribution < -0.4 is 0 Å². The molecule has 0 amide bonds. The van der Waals surface area contributed by atoms with Gasteiger partial charge < -0.3 is 4.74 Å². The molecule has 0 spiro atoms. The SMILES string of the molecule is C=C(Cl)COCC(=C)CC(C)(C)C. The van der Waals surface area contributed by atoms with Crippen molar-refractivity contribution < 1.29 is 4.74 Å². The Balaban J connectivity index is 3.59. The Morgan fingerprint density at radius 3 is 2.15 bits per heavy atom. The maximum atomic E-state index is 5.55. The van der Waals surface area contributed by atoms with E-state index in [1.807, 2.05) is 0 Å². The third-order valence-electron chi connectivity index (χ3n) is 1.35. The van der Waals surface area contributed by atoms with Crippen LogP contribution in [0.2, 0.25) is 0 Å². The lowest BCUT2D eigenvalue weighted by molar-refractivity contribution is 0.177. The molecule has 0 unspecified atom stereocenters. The fourth-order valence-electron chi connectivity index (χ4n) is 1.11. The standard InChI is InChI=1S/C11H19ClO/c1-9(6-11(3,4)5)7-13-8-10(2)12/h1-2,6-8H2,3-5H3. The summed E-state index contributed by atoms with van der Waals surface area (Å²) in [5.41, 5.74) is 1.38. The Morgan fingerprint density at radius 2 is 1.77 bits per heavy atom. The summed E-state index contributed by atoms with van der Waals surface area (Å²) in [7, 11) is 0. The first-order valence-corrected chi connectivity index (χ1v) is 4.77. The minimum absolute atomic E-state index is 0.276. The zero-order valence-corrected chi connectivity index (χ0v) is 9.58. The molecule has 13 heavy (non-hydrogen) atoms. The highest BCUT2D eigenvalue weighted by Gasteiger charge is 2.11. The molecule has 0 radical (unpaired) electrons. The fraction of sp³-hybridized carbons (Fsp3) is 0.636. The molecule has 0 fully saturated rings. The van der Waals surface area contributed by atoms with Gasteiger partial charge in [0.25, 0.3) is 0 Å². The van der Waals surface area contributed by atoms with Crippen molar-refractivity contribution in [1.82, 2.24) is 0 Å². The summed E-state index contributed by atoms with van der Waals surface area (Å²) in [6, 6.07) is 0. The lowest BCUT2D eigenvalue weighted by Crippen LogP contribution is -2.09. The zero-order valence-electron chi connectivity index (χ0n) is 8.82. The van der Waals surface area contributed by atoms with Crippen molar-refractivity contribution >= 4 is 11.6 Å². The van der Waals surface area contributed by atoms with Crippen LogP contribution in [-0.2, 0) is 4.74 Å². The van der Waals surface area contributed by atoms with E-state index in [1.54, 1.807) is 0 Å². The molecule has 0 atom stereocenters. The number of halogens is 1. The molecule has 0 bridgehead atoms. The van der Waals surface area contributed by atoms with Crippen molar-refractivity contribution in [1.29, 1.82) is 0 Å². The molecule has 0 rings (SSSR count). The molecule has 0 aromatic heterocycles. The average Bonchev–Trinajstić information content (AvgIpc) is 1.81. The summed E-state index contributed by atoms with van der Waals surface area (Å²) < 4.78 is 5.27. The van der Waals surface area contributed by atoms with Crippen molar-refractivity contribution in [3.8, 4) is 0 Å². The lowest BCUT2D eigenvalue weighted by atomic mass is 9.89. The van der Waals surface area contributed by atoms with Gasteiger partial charge in [-0.15, -0.1) is 0 Å². The van der Waals surface area contributed by atoms with Crippen LogP contribution in [0, 0.1) is 5.41 Å². The Kier molecular flexibility index (Phi) is 5.34. The van der Waals surface area contributed by atoms with Gasteiger partial charge in [0.1, 0.15) is 0 Å². The highest BCUT2D eigenvalue weighted by Crippen LogP contribution is 2.23. The van der Waals surface area contributed by atoms with E-state index in [0.29, 0.717) is 18.2 Å². The van der Waals surface area contributed by atoms with Crippen LogP contribution in [0.3, 0.4) is 0 Å². The van der Waals surface area contributed by atoms with Gasteiger partial charge in [-0.25, -0.2) is 0 Å². The summed E-state index contributed by atoms with van der Waals surface area (Å²) in [5, 5.41) is 0.531. The topological polar surface area (TPSA) is 9.23 Å². The van der Waals surface area contributed by atoms with Gasteiger partial charge >= 0.3 is 0 Å². The predicted molar refractivity (Wildman–Crippen MR) is 59.0 cm³/mol. The molecular weight excluding hydrogens is 184 g/mol. The maximum Gasteiger partial charge on any atom is 0.0821 e. The zero-order chi connectivity index (χ0) is 10.5. The average molecular weight is 203 g/mol. The summed E-state index contributed by atoms with van der Waals surface area (Å²) >= 11 is 5.55. The van der Waals surface area contributed by atoms with E-state index >= 15 is 0 Å². The second-order valence-electron chi connectivity index (χ2n) is 4.50. The van der Waals surface area contributed by atoms with E-state index in [1.165, 1.54) is 0 Å². The Labute approximate surface area is 86.4 Å². The minimum Gasteiger partial charge on any atom is -0.372 e. The molecule has 0 aromatic carbocycles. The highest BCUT2D eigenvalue weighted by atomic mass is 35.5. The molecule has 0 aliphatic heterocycles. The third-order valence-corrected chi connectivity index (χ3v) is 1.45. The fourth-order valence-corrected chi connectivity index (χ4v) is 1.18. The second kappa shape index (κ2) is 5.46. The largest absolute Gasteiger partial charge is 0.372 e. The minimum atomic E-state index is 0.276. The van der Waals surface area contributed by atoms with E-state index in [4.69, 9.17) is 16.3 Å². The van der Waals surface area contributed by atoms with E-state index in [2.05, 4.69) is 33.9 Å². The molecule has 0 aliphatic carbocycles. The summed E-state index contributed by atoms with van der Waals surface area (Å²) in [6.45, 7) is 15.0. The van der Waals surface area contributed by atoms with Gasteiger partial charge in [0.05, 0.1) is 13.2 Å². The molecule has 0 aromatic rings. The highest BCUT2D eigenvalue weighted by molar-refractivity contribution is 6.29. The van der Waals surface area contributed by atoms with Crippen LogP contribution in [0.1, 0.15) is 27.2 Å². The van der Waals surface area contributed by atoms with Crippen molar-refractivity contribution in [3.05, 3.63) is 23.8 Å². The molecule has 0 aliphatic rings. The van der Waals surface area contributed by atoms with Crippen LogP contribution in [0.4, 0.5) is 0 Å². The smallest absolute Gasteiger partial charge is 0.0821 e. The Bertz CT molecular complexity index is 189. The molecule has 2 heteroatoms. The maximum absolute atomic E-state index is 5.55. The monoisotopic (exact) mass is 202 g/mol. The molecular formula is C11H19ClO. The number of hydrogen-bond acceptors (Lipinski definition) is 1. The van der Waals surface area contributed by atoms with Gasteiger partial charge in [-0.05, 0) is 11.8 Å². The Morgan fingerprint density at radius 1 is 1.23 bits per heavy atom. The molecule has 0 saturated carbocycles. The predicted octanol–water partition coefficient (Wildman–Crippen LogP) is 3.75. The summed E-state index contributed by atoms with van der Waals surface area (Å²) in [6.07, 6.45) is 0.974. The molecule has 0 heterocycles. The van der Waals surface area contributed by atoms with E-state index in [-0.39, 0.29) is 5.41 Å². The van der Waals surface area contributed by atoms with Gasteiger partial charge in [-0.2, -0.15) is 0 Å². The molecule has 1 nitrogen and oxygen atoms in total. The van der Waals surface area contributed by atoms with Crippen molar-refractivity contribution in [2.24, 2.45) is 5.41 Å². The number of ether oxygens (including phenoxy) is 1. The molecule has 0 saturated heterocycles.